The van der Waals surface area contributed by atoms with Crippen molar-refractivity contribution in [1.29, 1.82) is 0 Å². The lowest BCUT2D eigenvalue weighted by Gasteiger charge is -2.33. The van der Waals surface area contributed by atoms with Crippen LogP contribution in [0.25, 0.3) is 0 Å². The molecular formula is C13H18FNO2. The van der Waals surface area contributed by atoms with Gasteiger partial charge in [-0.1, -0.05) is 25.1 Å². The van der Waals surface area contributed by atoms with Crippen LogP contribution in [0.3, 0.4) is 0 Å². The summed E-state index contributed by atoms with van der Waals surface area (Å²) < 4.78 is 24.6. The van der Waals surface area contributed by atoms with E-state index in [0.717, 1.165) is 6.42 Å². The molecule has 2 atom stereocenters. The predicted molar refractivity (Wildman–Crippen MR) is 63.1 cm³/mol. The van der Waals surface area contributed by atoms with Gasteiger partial charge in [0.15, 0.2) is 0 Å². The van der Waals surface area contributed by atoms with E-state index < -0.39 is 6.10 Å². The summed E-state index contributed by atoms with van der Waals surface area (Å²) in [6.07, 6.45) is 0.388. The number of hydrogen-bond donors (Lipinski definition) is 1. The second-order valence-electron chi connectivity index (χ2n) is 4.31. The first-order valence-electron chi connectivity index (χ1n) is 5.95. The molecule has 1 aliphatic heterocycles. The van der Waals surface area contributed by atoms with Gasteiger partial charge in [-0.2, -0.15) is 0 Å². The van der Waals surface area contributed by atoms with Gasteiger partial charge >= 0.3 is 0 Å². The first-order chi connectivity index (χ1) is 8.22. The molecule has 0 amide bonds. The Morgan fingerprint density at radius 1 is 1.47 bits per heavy atom. The Bertz CT molecular complexity index is 368. The lowest BCUT2D eigenvalue weighted by Crippen LogP contribution is -2.41. The van der Waals surface area contributed by atoms with Gasteiger partial charge in [0.05, 0.1) is 13.2 Å². The van der Waals surface area contributed by atoms with Crippen LogP contribution in [-0.4, -0.2) is 25.4 Å². The lowest BCUT2D eigenvalue weighted by molar-refractivity contribution is -0.161. The van der Waals surface area contributed by atoms with Gasteiger partial charge in [-0.3, -0.25) is 0 Å². The average Bonchev–Trinajstić information content (AvgIpc) is 2.29. The van der Waals surface area contributed by atoms with Gasteiger partial charge in [0.25, 0.3) is 0 Å². The highest BCUT2D eigenvalue weighted by molar-refractivity contribution is 5.21. The summed E-state index contributed by atoms with van der Waals surface area (Å²) in [6.45, 7) is 3.11. The molecular weight excluding hydrogens is 221 g/mol. The first-order valence-corrected chi connectivity index (χ1v) is 5.95. The zero-order valence-corrected chi connectivity index (χ0v) is 9.93. The number of rotatable bonds is 5. The SMILES string of the molecule is CCC(N)C(OC1COC1)c1ccccc1F. The summed E-state index contributed by atoms with van der Waals surface area (Å²) in [5.41, 5.74) is 6.55. The third kappa shape index (κ3) is 2.83. The molecule has 1 saturated heterocycles. The number of halogens is 1. The zero-order chi connectivity index (χ0) is 12.3. The van der Waals surface area contributed by atoms with Crippen molar-refractivity contribution in [2.45, 2.75) is 31.6 Å². The standard InChI is InChI=1S/C13H18FNO2/c1-2-12(15)13(17-9-7-16-8-9)10-5-3-4-6-11(10)14/h3-6,9,12-13H,2,7-8,15H2,1H3. The highest BCUT2D eigenvalue weighted by Gasteiger charge is 2.29. The predicted octanol–water partition coefficient (Wildman–Crippen LogP) is 2.02. The van der Waals surface area contributed by atoms with Crippen LogP contribution in [0.15, 0.2) is 24.3 Å². The maximum absolute atomic E-state index is 13.7. The molecule has 0 spiro atoms. The molecule has 2 unspecified atom stereocenters. The van der Waals surface area contributed by atoms with E-state index in [-0.39, 0.29) is 18.0 Å². The summed E-state index contributed by atoms with van der Waals surface area (Å²) in [4.78, 5) is 0. The molecule has 0 aromatic heterocycles. The summed E-state index contributed by atoms with van der Waals surface area (Å²) in [6, 6.07) is 6.43. The molecule has 0 bridgehead atoms. The Kier molecular flexibility index (Phi) is 4.10. The molecule has 4 heteroatoms. The average molecular weight is 239 g/mol. The van der Waals surface area contributed by atoms with Crippen molar-refractivity contribution in [1.82, 2.24) is 0 Å². The highest BCUT2D eigenvalue weighted by Crippen LogP contribution is 2.27. The fraction of sp³-hybridized carbons (Fsp3) is 0.538. The van der Waals surface area contributed by atoms with Crippen LogP contribution in [0.5, 0.6) is 0 Å². The van der Waals surface area contributed by atoms with E-state index in [1.165, 1.54) is 6.07 Å². The Morgan fingerprint density at radius 3 is 2.71 bits per heavy atom. The van der Waals surface area contributed by atoms with Crippen molar-refractivity contribution >= 4 is 0 Å². The van der Waals surface area contributed by atoms with Crippen LogP contribution in [-0.2, 0) is 9.47 Å². The minimum absolute atomic E-state index is 0.0391. The topological polar surface area (TPSA) is 44.5 Å². The van der Waals surface area contributed by atoms with E-state index in [2.05, 4.69) is 0 Å². The molecule has 3 nitrogen and oxygen atoms in total. The van der Waals surface area contributed by atoms with Crippen LogP contribution >= 0.6 is 0 Å². The number of benzene rings is 1. The van der Waals surface area contributed by atoms with Gasteiger partial charge in [0.2, 0.25) is 0 Å². The molecule has 17 heavy (non-hydrogen) atoms. The minimum atomic E-state index is -0.393. The molecule has 1 fully saturated rings. The monoisotopic (exact) mass is 239 g/mol. The molecule has 2 rings (SSSR count). The van der Waals surface area contributed by atoms with Crippen molar-refractivity contribution in [3.63, 3.8) is 0 Å². The van der Waals surface area contributed by atoms with Gasteiger partial charge in [-0.25, -0.2) is 4.39 Å². The fourth-order valence-corrected chi connectivity index (χ4v) is 1.82. The van der Waals surface area contributed by atoms with E-state index in [1.807, 2.05) is 6.92 Å². The zero-order valence-electron chi connectivity index (χ0n) is 9.93. The summed E-state index contributed by atoms with van der Waals surface area (Å²) in [5.74, 6) is -0.262. The largest absolute Gasteiger partial charge is 0.376 e. The van der Waals surface area contributed by atoms with Gasteiger partial charge in [0, 0.05) is 11.6 Å². The van der Waals surface area contributed by atoms with Crippen LogP contribution < -0.4 is 5.73 Å². The molecule has 1 aliphatic rings. The summed E-state index contributed by atoms with van der Waals surface area (Å²) >= 11 is 0. The number of ether oxygens (including phenoxy) is 2. The Balaban J connectivity index is 2.16. The van der Waals surface area contributed by atoms with E-state index >= 15 is 0 Å². The molecule has 1 heterocycles. The maximum atomic E-state index is 13.7. The summed E-state index contributed by atoms with van der Waals surface area (Å²) in [5, 5.41) is 0. The van der Waals surface area contributed by atoms with E-state index in [1.54, 1.807) is 18.2 Å². The Labute approximate surface area is 101 Å². The van der Waals surface area contributed by atoms with Crippen LogP contribution in [0.4, 0.5) is 4.39 Å². The summed E-state index contributed by atoms with van der Waals surface area (Å²) in [7, 11) is 0. The Hall–Kier alpha value is -0.970. The highest BCUT2D eigenvalue weighted by atomic mass is 19.1. The maximum Gasteiger partial charge on any atom is 0.129 e. The molecule has 0 aliphatic carbocycles. The number of nitrogens with two attached hydrogens (primary N) is 1. The smallest absolute Gasteiger partial charge is 0.129 e. The lowest BCUT2D eigenvalue weighted by atomic mass is 10.00. The van der Waals surface area contributed by atoms with Crippen molar-refractivity contribution in [2.75, 3.05) is 13.2 Å². The van der Waals surface area contributed by atoms with Gasteiger partial charge < -0.3 is 15.2 Å². The van der Waals surface area contributed by atoms with E-state index in [9.17, 15) is 4.39 Å². The first kappa shape index (κ1) is 12.5. The van der Waals surface area contributed by atoms with Crippen LogP contribution in [0.2, 0.25) is 0 Å². The van der Waals surface area contributed by atoms with Gasteiger partial charge in [-0.05, 0) is 12.5 Å². The number of hydrogen-bond acceptors (Lipinski definition) is 3. The normalized spacial score (nSPS) is 19.7. The van der Waals surface area contributed by atoms with E-state index in [0.29, 0.717) is 18.8 Å². The molecule has 0 radical (unpaired) electrons. The van der Waals surface area contributed by atoms with Crippen molar-refractivity contribution in [2.24, 2.45) is 5.73 Å². The van der Waals surface area contributed by atoms with E-state index in [4.69, 9.17) is 15.2 Å². The van der Waals surface area contributed by atoms with Crippen molar-refractivity contribution < 1.29 is 13.9 Å². The Morgan fingerprint density at radius 2 is 2.18 bits per heavy atom. The van der Waals surface area contributed by atoms with Crippen LogP contribution in [0, 0.1) is 5.82 Å². The minimum Gasteiger partial charge on any atom is -0.376 e. The van der Waals surface area contributed by atoms with Crippen LogP contribution in [0.1, 0.15) is 25.0 Å². The van der Waals surface area contributed by atoms with Gasteiger partial charge in [-0.15, -0.1) is 0 Å². The van der Waals surface area contributed by atoms with Crippen molar-refractivity contribution in [3.8, 4) is 0 Å². The fourth-order valence-electron chi connectivity index (χ4n) is 1.82. The molecule has 0 saturated carbocycles. The third-order valence-corrected chi connectivity index (χ3v) is 3.02. The second-order valence-corrected chi connectivity index (χ2v) is 4.31. The molecule has 2 N–H and O–H groups in total. The van der Waals surface area contributed by atoms with Gasteiger partial charge in [0.1, 0.15) is 18.0 Å². The third-order valence-electron chi connectivity index (χ3n) is 3.02. The second kappa shape index (κ2) is 5.58. The molecule has 94 valence electrons. The quantitative estimate of drug-likeness (QED) is 0.855. The molecule has 1 aromatic carbocycles. The molecule has 1 aromatic rings. The van der Waals surface area contributed by atoms with Crippen molar-refractivity contribution in [3.05, 3.63) is 35.6 Å².